The van der Waals surface area contributed by atoms with E-state index in [2.05, 4.69) is 57.2 Å². The van der Waals surface area contributed by atoms with Gasteiger partial charge >= 0.3 is 0 Å². The molecule has 0 saturated heterocycles. The van der Waals surface area contributed by atoms with Crippen LogP contribution in [-0.2, 0) is 4.79 Å². The Kier molecular flexibility index (Phi) is 31.1. The third-order valence-electron chi connectivity index (χ3n) is 14.8. The molecule has 6 nitrogen and oxygen atoms in total. The van der Waals surface area contributed by atoms with Gasteiger partial charge in [0.15, 0.2) is 23.5 Å². The molecule has 2 unspecified atom stereocenters. The fraction of sp³-hybridized carbons (Fsp3) is 0.646. The summed E-state index contributed by atoms with van der Waals surface area (Å²) < 4.78 is 6.75. The summed E-state index contributed by atoms with van der Waals surface area (Å²) in [5.74, 6) is -0.380. The van der Waals surface area contributed by atoms with Crippen LogP contribution >= 0.6 is 0 Å². The van der Waals surface area contributed by atoms with Crippen molar-refractivity contribution in [1.29, 1.82) is 0 Å². The minimum absolute atomic E-state index is 0.0908. The molecule has 0 amide bonds. The molecule has 0 heterocycles. The van der Waals surface area contributed by atoms with Gasteiger partial charge in [0, 0.05) is 35.6 Å². The summed E-state index contributed by atoms with van der Waals surface area (Å²) >= 11 is 0. The molecule has 0 aliphatic rings. The van der Waals surface area contributed by atoms with E-state index in [0.717, 1.165) is 117 Å². The number of benzene rings is 4. The summed E-state index contributed by atoms with van der Waals surface area (Å²) in [5.41, 5.74) is 0.596. The first-order valence-corrected chi connectivity index (χ1v) is 29.5. The van der Waals surface area contributed by atoms with Gasteiger partial charge in [-0.1, -0.05) is 223 Å². The summed E-state index contributed by atoms with van der Waals surface area (Å²) in [4.78, 5) is 44.0. The molecule has 0 saturated carbocycles. The van der Waals surface area contributed by atoms with Gasteiger partial charge in [0.2, 0.25) is 0 Å². The van der Waals surface area contributed by atoms with Crippen molar-refractivity contribution in [2.75, 3.05) is 6.61 Å². The molecule has 4 aromatic rings. The maximum atomic E-state index is 15.0. The van der Waals surface area contributed by atoms with Crippen LogP contribution in [0, 0.1) is 0 Å². The Morgan fingerprint density at radius 2 is 0.831 bits per heavy atom. The van der Waals surface area contributed by atoms with Gasteiger partial charge in [0.05, 0.1) is 12.2 Å². The lowest BCUT2D eigenvalue weighted by Crippen LogP contribution is -2.41. The zero-order valence-corrected chi connectivity index (χ0v) is 45.2. The molecule has 0 bridgehead atoms. The van der Waals surface area contributed by atoms with Crippen molar-refractivity contribution in [1.82, 2.24) is 0 Å². The molecule has 0 fully saturated rings. The Morgan fingerprint density at radius 1 is 0.451 bits per heavy atom. The maximum Gasteiger partial charge on any atom is 0.184 e. The highest BCUT2D eigenvalue weighted by Gasteiger charge is 2.34. The second-order valence-corrected chi connectivity index (χ2v) is 20.9. The molecular formula is C65H98O6. The van der Waals surface area contributed by atoms with Crippen molar-refractivity contribution in [2.45, 2.75) is 264 Å². The quantitative estimate of drug-likeness (QED) is 0.0198. The Hall–Kier alpha value is -3.87. The van der Waals surface area contributed by atoms with E-state index < -0.39 is 18.8 Å². The molecular weight excluding hydrogens is 877 g/mol. The largest absolute Gasteiger partial charge is 0.478 e. The van der Waals surface area contributed by atoms with Crippen molar-refractivity contribution in [3.63, 3.8) is 0 Å². The monoisotopic (exact) mass is 975 g/mol. The molecule has 0 radical (unpaired) electrons. The molecule has 0 aliphatic heterocycles. The lowest BCUT2D eigenvalue weighted by molar-refractivity contribution is -0.132. The molecule has 0 aromatic heterocycles. The number of Topliss-reactive ketones (excluding diaryl/α,β-unsaturated/α-hetero) is 3. The van der Waals surface area contributed by atoms with Crippen LogP contribution in [0.25, 0.3) is 32.3 Å². The zero-order valence-electron chi connectivity index (χ0n) is 45.2. The van der Waals surface area contributed by atoms with Gasteiger partial charge in [-0.2, -0.15) is 0 Å². The second-order valence-electron chi connectivity index (χ2n) is 20.9. The van der Waals surface area contributed by atoms with Crippen LogP contribution in [0.1, 0.15) is 273 Å². The first-order valence-electron chi connectivity index (χ1n) is 29.5. The van der Waals surface area contributed by atoms with Crippen LogP contribution in [0.5, 0.6) is 5.75 Å². The lowest BCUT2D eigenvalue weighted by Gasteiger charge is -2.27. The average Bonchev–Trinajstić information content (AvgIpc) is 3.38. The van der Waals surface area contributed by atoms with E-state index in [0.29, 0.717) is 30.2 Å². The SMILES string of the molecule is CCCCCCCC/C=C\CCCCCCCC(=O)c1c(OC(C(=O)CCCCCCCCC)C(O)CO)c2ccc3cccc4ccc(c1C(=O)CCCCCCC/C=C\CCCCCCCC)c2c34. The Bertz CT molecular complexity index is 2110. The molecule has 71 heavy (non-hydrogen) atoms. The molecule has 6 heteroatoms. The van der Waals surface area contributed by atoms with Gasteiger partial charge in [0.25, 0.3) is 0 Å². The third kappa shape index (κ3) is 21.3. The number of ether oxygens (including phenoxy) is 1. The van der Waals surface area contributed by atoms with Crippen molar-refractivity contribution in [2.24, 2.45) is 0 Å². The van der Waals surface area contributed by atoms with Crippen LogP contribution in [-0.4, -0.2) is 46.4 Å². The first-order chi connectivity index (χ1) is 34.9. The number of ketones is 3. The molecule has 0 aliphatic carbocycles. The normalized spacial score (nSPS) is 12.9. The fourth-order valence-corrected chi connectivity index (χ4v) is 10.5. The molecule has 2 atom stereocenters. The van der Waals surface area contributed by atoms with Crippen LogP contribution < -0.4 is 4.74 Å². The predicted octanol–water partition coefficient (Wildman–Crippen LogP) is 18.8. The highest BCUT2D eigenvalue weighted by atomic mass is 16.5. The van der Waals surface area contributed by atoms with Gasteiger partial charge in [0.1, 0.15) is 11.9 Å². The minimum atomic E-state index is -1.49. The number of rotatable bonds is 45. The van der Waals surface area contributed by atoms with Crippen molar-refractivity contribution < 1.29 is 29.3 Å². The lowest BCUT2D eigenvalue weighted by atomic mass is 9.84. The number of allylic oxidation sites excluding steroid dienone is 4. The molecule has 0 spiro atoms. The fourth-order valence-electron chi connectivity index (χ4n) is 10.5. The van der Waals surface area contributed by atoms with Crippen LogP contribution in [0.3, 0.4) is 0 Å². The molecule has 394 valence electrons. The number of hydrogen-bond donors (Lipinski definition) is 2. The Labute approximate surface area is 431 Å². The number of carbonyl (C=O) groups excluding carboxylic acids is 3. The Balaban J connectivity index is 1.53. The van der Waals surface area contributed by atoms with Gasteiger partial charge in [-0.05, 0) is 98.2 Å². The van der Waals surface area contributed by atoms with Gasteiger partial charge in [-0.3, -0.25) is 14.4 Å². The zero-order chi connectivity index (χ0) is 50.7. The summed E-state index contributed by atoms with van der Waals surface area (Å²) in [6.07, 6.45) is 44.7. The van der Waals surface area contributed by atoms with E-state index in [1.807, 2.05) is 30.3 Å². The number of aliphatic hydroxyl groups excluding tert-OH is 2. The van der Waals surface area contributed by atoms with Crippen LogP contribution in [0.4, 0.5) is 0 Å². The van der Waals surface area contributed by atoms with Crippen molar-refractivity contribution >= 4 is 49.7 Å². The standard InChI is InChI=1S/C65H98O6/c1-4-7-10-13-16-18-20-22-24-26-28-30-33-35-38-44-56(67)62-54-49-47-52-42-41-43-53-48-50-55(61(54)60(52)53)64(71-65(59(70)51-66)58(69)46-40-37-32-15-12-9-6-3)63(62)57(68)45-39-36-34-31-29-27-25-23-21-19-17-14-11-8-5-2/h22-25,41-43,47-50,59,65-66,70H,4-21,26-40,44-46,51H2,1-3H3/b24-22-,25-23-. The number of unbranched alkanes of at least 4 members (excludes halogenated alkanes) is 28. The number of aliphatic hydroxyl groups is 2. The van der Waals surface area contributed by atoms with Gasteiger partial charge < -0.3 is 14.9 Å². The van der Waals surface area contributed by atoms with Crippen LogP contribution in [0.2, 0.25) is 0 Å². The van der Waals surface area contributed by atoms with Crippen molar-refractivity contribution in [3.8, 4) is 5.75 Å². The van der Waals surface area contributed by atoms with E-state index in [-0.39, 0.29) is 41.5 Å². The smallest absolute Gasteiger partial charge is 0.184 e. The van der Waals surface area contributed by atoms with Crippen LogP contribution in [0.15, 0.2) is 66.8 Å². The minimum Gasteiger partial charge on any atom is -0.478 e. The van der Waals surface area contributed by atoms with E-state index in [4.69, 9.17) is 4.74 Å². The highest BCUT2D eigenvalue weighted by Crippen LogP contribution is 2.45. The second kappa shape index (κ2) is 37.0. The summed E-state index contributed by atoms with van der Waals surface area (Å²) in [6, 6.07) is 14.1. The topological polar surface area (TPSA) is 101 Å². The van der Waals surface area contributed by atoms with E-state index >= 15 is 0 Å². The summed E-state index contributed by atoms with van der Waals surface area (Å²) in [5, 5.41) is 26.8. The first kappa shape index (κ1) is 59.7. The molecule has 4 aromatic carbocycles. The number of hydrogen-bond acceptors (Lipinski definition) is 6. The summed E-state index contributed by atoms with van der Waals surface area (Å²) in [6.45, 7) is 6.05. The number of carbonyl (C=O) groups is 3. The predicted molar refractivity (Wildman–Crippen MR) is 303 cm³/mol. The van der Waals surface area contributed by atoms with Crippen molar-refractivity contribution in [3.05, 3.63) is 77.9 Å². The van der Waals surface area contributed by atoms with E-state index in [1.54, 1.807) is 0 Å². The average molecular weight is 975 g/mol. The van der Waals surface area contributed by atoms with Gasteiger partial charge in [-0.25, -0.2) is 0 Å². The van der Waals surface area contributed by atoms with E-state index in [9.17, 15) is 24.6 Å². The third-order valence-corrected chi connectivity index (χ3v) is 14.8. The summed E-state index contributed by atoms with van der Waals surface area (Å²) in [7, 11) is 0. The highest BCUT2D eigenvalue weighted by molar-refractivity contribution is 6.31. The van der Waals surface area contributed by atoms with E-state index in [1.165, 1.54) is 109 Å². The van der Waals surface area contributed by atoms with Gasteiger partial charge in [-0.15, -0.1) is 0 Å². The Morgan fingerprint density at radius 3 is 1.27 bits per heavy atom. The molecule has 2 N–H and O–H groups in total. The molecule has 4 rings (SSSR count). The maximum absolute atomic E-state index is 15.0.